The molecule has 1 aliphatic heterocycles. The number of rotatable bonds is 2. The molecule has 0 atom stereocenters. The highest BCUT2D eigenvalue weighted by Gasteiger charge is 2.36. The van der Waals surface area contributed by atoms with E-state index in [-0.39, 0.29) is 17.0 Å². The summed E-state index contributed by atoms with van der Waals surface area (Å²) < 4.78 is 44.3. The number of hydrogen-bond donors (Lipinski definition) is 0. The van der Waals surface area contributed by atoms with Crippen LogP contribution in [0.15, 0.2) is 18.2 Å². The van der Waals surface area contributed by atoms with Crippen LogP contribution < -0.4 is 0 Å². The maximum absolute atomic E-state index is 13.3. The SMILES string of the molecule is COC(=O)c1ccc(C2CCN(C)CC2)c(C(F)(F)F)c1. The maximum Gasteiger partial charge on any atom is 0.416 e. The number of likely N-dealkylation sites (tertiary alicyclic amines) is 1. The lowest BCUT2D eigenvalue weighted by Gasteiger charge is -2.30. The number of methoxy groups -OCH3 is 1. The summed E-state index contributed by atoms with van der Waals surface area (Å²) in [6, 6.07) is 3.74. The number of nitrogens with zero attached hydrogens (tertiary/aromatic N) is 1. The molecule has 1 fully saturated rings. The first kappa shape index (κ1) is 15.8. The number of halogens is 3. The molecule has 21 heavy (non-hydrogen) atoms. The molecular weight excluding hydrogens is 283 g/mol. The number of benzene rings is 1. The number of hydrogen-bond acceptors (Lipinski definition) is 3. The Hall–Kier alpha value is -1.56. The highest BCUT2D eigenvalue weighted by Crippen LogP contribution is 2.39. The lowest BCUT2D eigenvalue weighted by molar-refractivity contribution is -0.138. The van der Waals surface area contributed by atoms with Gasteiger partial charge in [0, 0.05) is 0 Å². The summed E-state index contributed by atoms with van der Waals surface area (Å²) in [5.41, 5.74) is -0.510. The van der Waals surface area contributed by atoms with Gasteiger partial charge in [0.25, 0.3) is 0 Å². The van der Waals surface area contributed by atoms with Gasteiger partial charge in [0.1, 0.15) is 0 Å². The standard InChI is InChI=1S/C15H18F3NO2/c1-19-7-5-10(6-8-19)12-4-3-11(14(20)21-2)9-13(12)15(16,17)18/h3-4,9-10H,5-8H2,1-2H3. The van der Waals surface area contributed by atoms with Crippen molar-refractivity contribution < 1.29 is 22.7 Å². The summed E-state index contributed by atoms with van der Waals surface area (Å²) in [5.74, 6) is -0.875. The lowest BCUT2D eigenvalue weighted by atomic mass is 9.85. The highest BCUT2D eigenvalue weighted by atomic mass is 19.4. The second kappa shape index (κ2) is 6.05. The van der Waals surface area contributed by atoms with Gasteiger partial charge in [0.15, 0.2) is 0 Å². The van der Waals surface area contributed by atoms with Crippen LogP contribution in [-0.2, 0) is 10.9 Å². The van der Waals surface area contributed by atoms with E-state index in [2.05, 4.69) is 9.64 Å². The average molecular weight is 301 g/mol. The Bertz CT molecular complexity index is 520. The van der Waals surface area contributed by atoms with E-state index in [9.17, 15) is 18.0 Å². The molecule has 0 aromatic heterocycles. The van der Waals surface area contributed by atoms with E-state index < -0.39 is 17.7 Å². The zero-order valence-electron chi connectivity index (χ0n) is 12.0. The predicted octanol–water partition coefficient (Wildman–Crippen LogP) is 3.30. The van der Waals surface area contributed by atoms with E-state index in [1.165, 1.54) is 12.1 Å². The molecule has 1 aromatic carbocycles. The summed E-state index contributed by atoms with van der Waals surface area (Å²) >= 11 is 0. The first-order valence-corrected chi connectivity index (χ1v) is 6.81. The molecule has 0 N–H and O–H groups in total. The van der Waals surface area contributed by atoms with Crippen LogP contribution in [0, 0.1) is 0 Å². The molecule has 6 heteroatoms. The number of piperidine rings is 1. The normalized spacial score (nSPS) is 17.8. The van der Waals surface area contributed by atoms with Crippen molar-refractivity contribution in [3.05, 3.63) is 34.9 Å². The van der Waals surface area contributed by atoms with Gasteiger partial charge in [0.05, 0.1) is 18.2 Å². The molecule has 3 nitrogen and oxygen atoms in total. The quantitative estimate of drug-likeness (QED) is 0.785. The van der Waals surface area contributed by atoms with Crippen LogP contribution in [0.4, 0.5) is 13.2 Å². The Balaban J connectivity index is 2.38. The van der Waals surface area contributed by atoms with E-state index in [1.807, 2.05) is 7.05 Å². The second-order valence-electron chi connectivity index (χ2n) is 5.37. The van der Waals surface area contributed by atoms with Crippen molar-refractivity contribution in [3.8, 4) is 0 Å². The number of carbonyl (C=O) groups is 1. The minimum Gasteiger partial charge on any atom is -0.465 e. The Kier molecular flexibility index (Phi) is 4.56. The van der Waals surface area contributed by atoms with Gasteiger partial charge >= 0.3 is 12.1 Å². The first-order valence-electron chi connectivity index (χ1n) is 6.81. The Morgan fingerprint density at radius 2 is 1.90 bits per heavy atom. The van der Waals surface area contributed by atoms with Gasteiger partial charge in [-0.25, -0.2) is 4.79 Å². The van der Waals surface area contributed by atoms with E-state index in [0.29, 0.717) is 12.8 Å². The molecule has 0 bridgehead atoms. The smallest absolute Gasteiger partial charge is 0.416 e. The summed E-state index contributed by atoms with van der Waals surface area (Å²) in [4.78, 5) is 13.5. The van der Waals surface area contributed by atoms with Crippen molar-refractivity contribution in [2.24, 2.45) is 0 Å². The molecule has 0 radical (unpaired) electrons. The molecule has 1 saturated heterocycles. The fourth-order valence-corrected chi connectivity index (χ4v) is 2.72. The molecule has 1 heterocycles. The van der Waals surface area contributed by atoms with Crippen molar-refractivity contribution in [2.75, 3.05) is 27.2 Å². The largest absolute Gasteiger partial charge is 0.465 e. The Labute approximate surface area is 121 Å². The van der Waals surface area contributed by atoms with Crippen molar-refractivity contribution in [2.45, 2.75) is 24.9 Å². The first-order chi connectivity index (χ1) is 9.82. The Morgan fingerprint density at radius 1 is 1.29 bits per heavy atom. The molecular formula is C15H18F3NO2. The van der Waals surface area contributed by atoms with Gasteiger partial charge in [-0.1, -0.05) is 6.07 Å². The van der Waals surface area contributed by atoms with E-state index in [0.717, 1.165) is 26.3 Å². The van der Waals surface area contributed by atoms with Crippen LogP contribution in [-0.4, -0.2) is 38.1 Å². The van der Waals surface area contributed by atoms with Crippen LogP contribution in [0.1, 0.15) is 40.2 Å². The summed E-state index contributed by atoms with van der Waals surface area (Å²) in [7, 11) is 3.11. The van der Waals surface area contributed by atoms with Gasteiger partial charge in [-0.3, -0.25) is 0 Å². The summed E-state index contributed by atoms with van der Waals surface area (Å²) in [5, 5.41) is 0. The van der Waals surface area contributed by atoms with Crippen molar-refractivity contribution >= 4 is 5.97 Å². The number of esters is 1. The minimum absolute atomic E-state index is 0.0681. The topological polar surface area (TPSA) is 29.5 Å². The highest BCUT2D eigenvalue weighted by molar-refractivity contribution is 5.89. The average Bonchev–Trinajstić information content (AvgIpc) is 2.46. The summed E-state index contributed by atoms with van der Waals surface area (Å²) in [6.07, 6.45) is -3.09. The van der Waals surface area contributed by atoms with Crippen LogP contribution >= 0.6 is 0 Å². The number of ether oxygens (including phenoxy) is 1. The van der Waals surface area contributed by atoms with Gasteiger partial charge in [-0.15, -0.1) is 0 Å². The lowest BCUT2D eigenvalue weighted by Crippen LogP contribution is -2.30. The molecule has 0 spiro atoms. The van der Waals surface area contributed by atoms with E-state index in [1.54, 1.807) is 0 Å². The minimum atomic E-state index is -4.47. The molecule has 0 saturated carbocycles. The van der Waals surface area contributed by atoms with Crippen molar-refractivity contribution in [3.63, 3.8) is 0 Å². The monoisotopic (exact) mass is 301 g/mol. The fraction of sp³-hybridized carbons (Fsp3) is 0.533. The number of carbonyl (C=O) groups excluding carboxylic acids is 1. The van der Waals surface area contributed by atoms with Crippen molar-refractivity contribution in [1.29, 1.82) is 0 Å². The maximum atomic E-state index is 13.3. The van der Waals surface area contributed by atoms with Gasteiger partial charge in [-0.2, -0.15) is 13.2 Å². The zero-order valence-corrected chi connectivity index (χ0v) is 12.0. The third-order valence-corrected chi connectivity index (χ3v) is 3.94. The van der Waals surface area contributed by atoms with Gasteiger partial charge in [0.2, 0.25) is 0 Å². The van der Waals surface area contributed by atoms with Crippen LogP contribution in [0.25, 0.3) is 0 Å². The zero-order chi connectivity index (χ0) is 15.6. The van der Waals surface area contributed by atoms with Crippen LogP contribution in [0.5, 0.6) is 0 Å². The Morgan fingerprint density at radius 3 is 2.43 bits per heavy atom. The van der Waals surface area contributed by atoms with E-state index in [4.69, 9.17) is 0 Å². The third-order valence-electron chi connectivity index (χ3n) is 3.94. The second-order valence-corrected chi connectivity index (χ2v) is 5.37. The van der Waals surface area contributed by atoms with E-state index >= 15 is 0 Å². The molecule has 1 aliphatic rings. The molecule has 2 rings (SSSR count). The molecule has 0 amide bonds. The van der Waals surface area contributed by atoms with Gasteiger partial charge in [-0.05, 0) is 56.6 Å². The molecule has 0 unspecified atom stereocenters. The molecule has 0 aliphatic carbocycles. The molecule has 116 valence electrons. The van der Waals surface area contributed by atoms with Crippen LogP contribution in [0.2, 0.25) is 0 Å². The number of alkyl halides is 3. The predicted molar refractivity (Wildman–Crippen MR) is 72.3 cm³/mol. The molecule has 1 aromatic rings. The van der Waals surface area contributed by atoms with Crippen molar-refractivity contribution in [1.82, 2.24) is 4.90 Å². The fourth-order valence-electron chi connectivity index (χ4n) is 2.72. The third kappa shape index (κ3) is 3.56. The summed E-state index contributed by atoms with van der Waals surface area (Å²) in [6.45, 7) is 1.56. The van der Waals surface area contributed by atoms with Crippen LogP contribution in [0.3, 0.4) is 0 Å². The van der Waals surface area contributed by atoms with Gasteiger partial charge < -0.3 is 9.64 Å².